The summed E-state index contributed by atoms with van der Waals surface area (Å²) in [5.74, 6) is -2.33. The molecule has 0 aliphatic carbocycles. The van der Waals surface area contributed by atoms with Crippen molar-refractivity contribution in [3.05, 3.63) is 71.6 Å². The van der Waals surface area contributed by atoms with Gasteiger partial charge >= 0.3 is 6.18 Å². The van der Waals surface area contributed by atoms with Crippen molar-refractivity contribution in [2.24, 2.45) is 0 Å². The van der Waals surface area contributed by atoms with Crippen LogP contribution < -0.4 is 4.90 Å². The Labute approximate surface area is 199 Å². The van der Waals surface area contributed by atoms with Gasteiger partial charge in [-0.05, 0) is 49.4 Å². The smallest absolute Gasteiger partial charge is 0.346 e. The van der Waals surface area contributed by atoms with E-state index >= 15 is 0 Å². The lowest BCUT2D eigenvalue weighted by molar-refractivity contribution is -0.144. The lowest BCUT2D eigenvalue weighted by Gasteiger charge is -2.26. The Hall–Kier alpha value is -3.87. The van der Waals surface area contributed by atoms with Gasteiger partial charge in [0.05, 0.1) is 29.6 Å². The zero-order valence-electron chi connectivity index (χ0n) is 18.6. The largest absolute Gasteiger partial charge is 0.451 e. The van der Waals surface area contributed by atoms with Crippen molar-refractivity contribution in [1.82, 2.24) is 15.0 Å². The highest BCUT2D eigenvalue weighted by molar-refractivity contribution is 5.87. The average molecular weight is 483 g/mol. The van der Waals surface area contributed by atoms with Crippen LogP contribution in [0.15, 0.2) is 48.8 Å². The standard InChI is InChI=1S/C25H21F4N5O/c26-19-15-31-11-10-18(19)20-13-23(33-24(32-20)25(27,28)29)34-12-2-4-21(34)22(35)5-1-3-16-6-8-17(14-30)9-7-16/h6-11,13,15,21H,1-5,12H2/t21-/m0/s1. The number of hydrogen-bond acceptors (Lipinski definition) is 6. The molecule has 0 amide bonds. The number of rotatable bonds is 7. The molecule has 0 N–H and O–H groups in total. The third-order valence-corrected chi connectivity index (χ3v) is 5.90. The second kappa shape index (κ2) is 10.2. The summed E-state index contributed by atoms with van der Waals surface area (Å²) in [6, 6.07) is 11.1. The van der Waals surface area contributed by atoms with Crippen LogP contribution in [0.25, 0.3) is 11.3 Å². The number of nitriles is 1. The minimum atomic E-state index is -4.84. The summed E-state index contributed by atoms with van der Waals surface area (Å²) in [5, 5.41) is 8.88. The van der Waals surface area contributed by atoms with Crippen LogP contribution in [0.4, 0.5) is 23.4 Å². The van der Waals surface area contributed by atoms with Gasteiger partial charge in [-0.2, -0.15) is 18.4 Å². The number of carbonyl (C=O) groups excluding carboxylic acids is 1. The van der Waals surface area contributed by atoms with Gasteiger partial charge in [-0.3, -0.25) is 9.78 Å². The Morgan fingerprint density at radius 2 is 1.94 bits per heavy atom. The number of nitrogens with zero attached hydrogens (tertiary/aromatic N) is 5. The molecule has 0 spiro atoms. The minimum Gasteiger partial charge on any atom is -0.346 e. The Morgan fingerprint density at radius 1 is 1.17 bits per heavy atom. The predicted molar refractivity (Wildman–Crippen MR) is 120 cm³/mol. The van der Waals surface area contributed by atoms with Crippen LogP contribution in [0.1, 0.15) is 42.6 Å². The van der Waals surface area contributed by atoms with Crippen molar-refractivity contribution in [1.29, 1.82) is 5.26 Å². The van der Waals surface area contributed by atoms with Crippen molar-refractivity contribution in [2.75, 3.05) is 11.4 Å². The normalized spacial score (nSPS) is 15.7. The summed E-state index contributed by atoms with van der Waals surface area (Å²) in [6.07, 6.45) is -0.0828. The maximum Gasteiger partial charge on any atom is 0.451 e. The number of pyridine rings is 1. The van der Waals surface area contributed by atoms with E-state index in [1.807, 2.05) is 12.1 Å². The number of carbonyl (C=O) groups is 1. The van der Waals surface area contributed by atoms with Crippen LogP contribution >= 0.6 is 0 Å². The van der Waals surface area contributed by atoms with Gasteiger partial charge in [0.25, 0.3) is 0 Å². The Bertz CT molecular complexity index is 1250. The first kappa shape index (κ1) is 24.3. The molecule has 1 aliphatic heterocycles. The average Bonchev–Trinajstić information content (AvgIpc) is 3.34. The molecule has 1 aliphatic rings. The molecule has 0 saturated carbocycles. The Balaban J connectivity index is 1.54. The van der Waals surface area contributed by atoms with E-state index in [1.54, 1.807) is 17.0 Å². The summed E-state index contributed by atoms with van der Waals surface area (Å²) >= 11 is 0. The predicted octanol–water partition coefficient (Wildman–Crippen LogP) is 5.13. The highest BCUT2D eigenvalue weighted by Crippen LogP contribution is 2.34. The van der Waals surface area contributed by atoms with Crippen molar-refractivity contribution in [3.63, 3.8) is 0 Å². The van der Waals surface area contributed by atoms with E-state index in [0.717, 1.165) is 11.8 Å². The monoisotopic (exact) mass is 483 g/mol. The SMILES string of the molecule is N#Cc1ccc(CCCC(=O)[C@@H]2CCCN2c2cc(-c3ccncc3F)nc(C(F)(F)F)n2)cc1. The first-order valence-electron chi connectivity index (χ1n) is 11.1. The molecule has 4 rings (SSSR count). The molecule has 0 bridgehead atoms. The topological polar surface area (TPSA) is 82.8 Å². The number of anilines is 1. The van der Waals surface area contributed by atoms with Crippen molar-refractivity contribution < 1.29 is 22.4 Å². The number of benzene rings is 1. The van der Waals surface area contributed by atoms with E-state index in [4.69, 9.17) is 5.26 Å². The van der Waals surface area contributed by atoms with E-state index < -0.39 is 23.9 Å². The fourth-order valence-electron chi connectivity index (χ4n) is 4.18. The fourth-order valence-corrected chi connectivity index (χ4v) is 4.18. The molecule has 0 unspecified atom stereocenters. The van der Waals surface area contributed by atoms with Crippen molar-refractivity contribution in [2.45, 2.75) is 44.3 Å². The maximum atomic E-state index is 14.3. The lowest BCUT2D eigenvalue weighted by atomic mass is 10.0. The molecule has 1 atom stereocenters. The summed E-state index contributed by atoms with van der Waals surface area (Å²) < 4.78 is 54.9. The first-order valence-corrected chi connectivity index (χ1v) is 11.1. The highest BCUT2D eigenvalue weighted by Gasteiger charge is 2.38. The third kappa shape index (κ3) is 5.62. The quantitative estimate of drug-likeness (QED) is 0.434. The zero-order chi connectivity index (χ0) is 25.0. The second-order valence-electron chi connectivity index (χ2n) is 8.27. The molecule has 3 heterocycles. The van der Waals surface area contributed by atoms with Crippen molar-refractivity contribution in [3.8, 4) is 17.3 Å². The molecule has 6 nitrogen and oxygen atoms in total. The maximum absolute atomic E-state index is 14.3. The van der Waals surface area contributed by atoms with Gasteiger partial charge in [0, 0.05) is 30.8 Å². The van der Waals surface area contributed by atoms with Crippen LogP contribution in [-0.2, 0) is 17.4 Å². The van der Waals surface area contributed by atoms with Crippen molar-refractivity contribution >= 4 is 11.6 Å². The number of halogens is 4. The van der Waals surface area contributed by atoms with Gasteiger partial charge in [0.2, 0.25) is 5.82 Å². The van der Waals surface area contributed by atoms with Crippen LogP contribution in [0.3, 0.4) is 0 Å². The van der Waals surface area contributed by atoms with E-state index in [-0.39, 0.29) is 29.3 Å². The highest BCUT2D eigenvalue weighted by atomic mass is 19.4. The van der Waals surface area contributed by atoms with Crippen LogP contribution in [0.5, 0.6) is 0 Å². The summed E-state index contributed by atoms with van der Waals surface area (Å²) in [5.41, 5.74) is 1.20. The Morgan fingerprint density at radius 3 is 2.63 bits per heavy atom. The number of hydrogen-bond donors (Lipinski definition) is 0. The second-order valence-corrected chi connectivity index (χ2v) is 8.27. The number of ketones is 1. The molecule has 1 aromatic carbocycles. The molecule has 10 heteroatoms. The molecule has 0 radical (unpaired) electrons. The fraction of sp³-hybridized carbons (Fsp3) is 0.320. The molecule has 35 heavy (non-hydrogen) atoms. The van der Waals surface area contributed by atoms with Gasteiger partial charge in [0.15, 0.2) is 11.6 Å². The number of Topliss-reactive ketones (excluding diaryl/α,β-unsaturated/α-hetero) is 1. The Kier molecular flexibility index (Phi) is 7.05. The van der Waals surface area contributed by atoms with Gasteiger partial charge in [-0.1, -0.05) is 12.1 Å². The van der Waals surface area contributed by atoms with Gasteiger partial charge in [-0.15, -0.1) is 0 Å². The van der Waals surface area contributed by atoms with Crippen LogP contribution in [0.2, 0.25) is 0 Å². The summed E-state index contributed by atoms with van der Waals surface area (Å²) in [7, 11) is 0. The van der Waals surface area contributed by atoms with Gasteiger partial charge < -0.3 is 4.90 Å². The first-order chi connectivity index (χ1) is 16.8. The number of alkyl halides is 3. The molecule has 1 fully saturated rings. The van der Waals surface area contributed by atoms with E-state index in [2.05, 4.69) is 21.0 Å². The molecule has 3 aromatic rings. The number of aromatic nitrogens is 3. The minimum absolute atomic E-state index is 0.0542. The van der Waals surface area contributed by atoms with E-state index in [1.165, 1.54) is 18.3 Å². The van der Waals surface area contributed by atoms with Crippen LogP contribution in [-0.4, -0.2) is 33.3 Å². The molecular weight excluding hydrogens is 462 g/mol. The summed E-state index contributed by atoms with van der Waals surface area (Å²) in [4.78, 5) is 25.4. The van der Waals surface area contributed by atoms with Gasteiger partial charge in [0.1, 0.15) is 5.82 Å². The van der Waals surface area contributed by atoms with E-state index in [0.29, 0.717) is 37.8 Å². The molecule has 180 valence electrons. The van der Waals surface area contributed by atoms with E-state index in [9.17, 15) is 22.4 Å². The van der Waals surface area contributed by atoms with Gasteiger partial charge in [-0.25, -0.2) is 14.4 Å². The molecule has 2 aromatic heterocycles. The third-order valence-electron chi connectivity index (χ3n) is 5.90. The summed E-state index contributed by atoms with van der Waals surface area (Å²) in [6.45, 7) is 0.360. The van der Waals surface area contributed by atoms with Crippen LogP contribution in [0, 0.1) is 17.1 Å². The zero-order valence-corrected chi connectivity index (χ0v) is 18.6. The molecule has 1 saturated heterocycles. The molecular formula is C25H21F4N5O. The lowest BCUT2D eigenvalue weighted by Crippen LogP contribution is -2.37. The number of aryl methyl sites for hydroxylation is 1.